The number of rotatable bonds is 3. The molecular weight excluding hydrogens is 256 g/mol. The number of methoxy groups -OCH3 is 1. The molecule has 1 heterocycles. The topological polar surface area (TPSA) is 70.4 Å². The number of hydrogen-bond acceptors (Lipinski definition) is 4. The lowest BCUT2D eigenvalue weighted by atomic mass is 9.88. The van der Waals surface area contributed by atoms with Crippen molar-refractivity contribution in [1.29, 1.82) is 5.26 Å². The van der Waals surface area contributed by atoms with Crippen molar-refractivity contribution in [2.45, 2.75) is 18.8 Å². The van der Waals surface area contributed by atoms with Crippen molar-refractivity contribution in [2.24, 2.45) is 0 Å². The van der Waals surface area contributed by atoms with E-state index in [-0.39, 0.29) is 18.4 Å². The summed E-state index contributed by atoms with van der Waals surface area (Å²) in [6.45, 7) is 0.577. The minimum atomic E-state index is -0.393. The minimum Gasteiger partial charge on any atom is -0.468 e. The van der Waals surface area contributed by atoms with Gasteiger partial charge >= 0.3 is 5.97 Å². The van der Waals surface area contributed by atoms with Crippen molar-refractivity contribution in [2.75, 3.05) is 20.2 Å². The summed E-state index contributed by atoms with van der Waals surface area (Å²) in [5.74, 6) is -0.268. The van der Waals surface area contributed by atoms with Gasteiger partial charge in [-0.3, -0.25) is 9.59 Å². The van der Waals surface area contributed by atoms with Gasteiger partial charge in [-0.05, 0) is 30.0 Å². The Morgan fingerprint density at radius 1 is 1.45 bits per heavy atom. The molecule has 1 unspecified atom stereocenters. The summed E-state index contributed by atoms with van der Waals surface area (Å²) in [4.78, 5) is 24.8. The number of carbonyl (C=O) groups is 2. The van der Waals surface area contributed by atoms with E-state index in [0.717, 1.165) is 12.0 Å². The highest BCUT2D eigenvalue weighted by molar-refractivity contribution is 5.83. The van der Waals surface area contributed by atoms with Crippen LogP contribution < -0.4 is 0 Å². The van der Waals surface area contributed by atoms with Gasteiger partial charge in [-0.25, -0.2) is 0 Å². The van der Waals surface area contributed by atoms with Gasteiger partial charge in [0.25, 0.3) is 0 Å². The van der Waals surface area contributed by atoms with Crippen LogP contribution in [0.1, 0.15) is 29.9 Å². The van der Waals surface area contributed by atoms with Crippen molar-refractivity contribution in [1.82, 2.24) is 4.90 Å². The number of likely N-dealkylation sites (tertiary alicyclic amines) is 1. The number of esters is 1. The van der Waals surface area contributed by atoms with Gasteiger partial charge in [0.2, 0.25) is 5.91 Å². The second-order valence-electron chi connectivity index (χ2n) is 4.81. The molecule has 1 aliphatic heterocycles. The molecule has 1 fully saturated rings. The Balaban J connectivity index is 1.99. The van der Waals surface area contributed by atoms with Gasteiger partial charge in [0.1, 0.15) is 6.54 Å². The fourth-order valence-electron chi connectivity index (χ4n) is 2.38. The number of nitriles is 1. The van der Waals surface area contributed by atoms with Crippen LogP contribution in [0.15, 0.2) is 24.3 Å². The van der Waals surface area contributed by atoms with E-state index >= 15 is 0 Å². The van der Waals surface area contributed by atoms with E-state index in [1.807, 2.05) is 12.1 Å². The molecule has 2 rings (SSSR count). The zero-order valence-electron chi connectivity index (χ0n) is 11.3. The molecule has 1 aromatic carbocycles. The molecular formula is C15H16N2O3. The van der Waals surface area contributed by atoms with E-state index in [9.17, 15) is 9.59 Å². The fraction of sp³-hybridized carbons (Fsp3) is 0.400. The summed E-state index contributed by atoms with van der Waals surface area (Å²) in [5, 5.41) is 8.77. The van der Waals surface area contributed by atoms with Gasteiger partial charge in [-0.2, -0.15) is 5.26 Å². The number of benzene rings is 1. The number of amides is 1. The van der Waals surface area contributed by atoms with E-state index in [4.69, 9.17) is 5.26 Å². The molecule has 0 radical (unpaired) electrons. The maximum Gasteiger partial charge on any atom is 0.325 e. The number of hydrogen-bond donors (Lipinski definition) is 0. The Hall–Kier alpha value is -2.35. The molecule has 1 amide bonds. The van der Waals surface area contributed by atoms with Crippen LogP contribution in [0.2, 0.25) is 0 Å². The summed E-state index contributed by atoms with van der Waals surface area (Å²) in [5.41, 5.74) is 1.68. The summed E-state index contributed by atoms with van der Waals surface area (Å²) < 4.78 is 4.57. The van der Waals surface area contributed by atoms with Crippen molar-refractivity contribution < 1.29 is 14.3 Å². The zero-order chi connectivity index (χ0) is 14.5. The number of nitrogens with zero attached hydrogens (tertiary/aromatic N) is 2. The summed E-state index contributed by atoms with van der Waals surface area (Å²) in [7, 11) is 1.32. The lowest BCUT2D eigenvalue weighted by Crippen LogP contribution is -2.41. The second-order valence-corrected chi connectivity index (χ2v) is 4.81. The average Bonchev–Trinajstić information content (AvgIpc) is 2.49. The molecule has 0 saturated carbocycles. The van der Waals surface area contributed by atoms with Crippen LogP contribution in [0.4, 0.5) is 0 Å². The lowest BCUT2D eigenvalue weighted by molar-refractivity contribution is -0.148. The van der Waals surface area contributed by atoms with Crippen molar-refractivity contribution in [3.05, 3.63) is 35.4 Å². The first kappa shape index (κ1) is 14.1. The zero-order valence-corrected chi connectivity index (χ0v) is 11.3. The molecule has 5 heteroatoms. The van der Waals surface area contributed by atoms with E-state index in [1.54, 1.807) is 12.1 Å². The Morgan fingerprint density at radius 2 is 2.15 bits per heavy atom. The summed E-state index contributed by atoms with van der Waals surface area (Å²) in [6, 6.07) is 9.39. The summed E-state index contributed by atoms with van der Waals surface area (Å²) in [6.07, 6.45) is 1.21. The van der Waals surface area contributed by atoms with Crippen LogP contribution in [-0.4, -0.2) is 37.0 Å². The number of carbonyl (C=O) groups excluding carboxylic acids is 2. The standard InChI is InChI=1S/C15H16N2O3/c1-20-15(19)10-17-7-6-13(8-14(17)18)12-4-2-11(9-16)3-5-12/h2-5,13H,6-8,10H2,1H3. The predicted octanol–water partition coefficient (Wildman–Crippen LogP) is 1.44. The van der Waals surface area contributed by atoms with Gasteiger partial charge in [-0.1, -0.05) is 12.1 Å². The quantitative estimate of drug-likeness (QED) is 0.781. The minimum absolute atomic E-state index is 0.0232. The van der Waals surface area contributed by atoms with Gasteiger partial charge in [0, 0.05) is 13.0 Å². The Bertz CT molecular complexity index is 545. The molecule has 1 aromatic rings. The molecule has 5 nitrogen and oxygen atoms in total. The molecule has 0 spiro atoms. The average molecular weight is 272 g/mol. The van der Waals surface area contributed by atoms with Gasteiger partial charge in [0.15, 0.2) is 0 Å². The van der Waals surface area contributed by atoms with Crippen LogP contribution in [0.3, 0.4) is 0 Å². The van der Waals surface area contributed by atoms with Crippen molar-refractivity contribution in [3.63, 3.8) is 0 Å². The lowest BCUT2D eigenvalue weighted by Gasteiger charge is -2.31. The van der Waals surface area contributed by atoms with Crippen molar-refractivity contribution in [3.8, 4) is 6.07 Å². The fourth-order valence-corrected chi connectivity index (χ4v) is 2.38. The highest BCUT2D eigenvalue weighted by Crippen LogP contribution is 2.28. The highest BCUT2D eigenvalue weighted by Gasteiger charge is 2.28. The molecule has 20 heavy (non-hydrogen) atoms. The largest absolute Gasteiger partial charge is 0.468 e. The molecule has 0 N–H and O–H groups in total. The van der Waals surface area contributed by atoms with Gasteiger partial charge in [-0.15, -0.1) is 0 Å². The monoisotopic (exact) mass is 272 g/mol. The third-order valence-corrected chi connectivity index (χ3v) is 3.58. The summed E-state index contributed by atoms with van der Waals surface area (Å²) >= 11 is 0. The van der Waals surface area contributed by atoms with Crippen LogP contribution in [0, 0.1) is 11.3 Å². The van der Waals surface area contributed by atoms with E-state index in [0.29, 0.717) is 18.5 Å². The number of piperidine rings is 1. The smallest absolute Gasteiger partial charge is 0.325 e. The predicted molar refractivity (Wildman–Crippen MR) is 71.7 cm³/mol. The maximum atomic E-state index is 12.0. The normalized spacial score (nSPS) is 18.5. The van der Waals surface area contributed by atoms with Crippen molar-refractivity contribution >= 4 is 11.9 Å². The molecule has 0 bridgehead atoms. The van der Waals surface area contributed by atoms with Gasteiger partial charge in [0.05, 0.1) is 18.7 Å². The molecule has 0 aliphatic carbocycles. The molecule has 0 aromatic heterocycles. The Kier molecular flexibility index (Phi) is 4.36. The third kappa shape index (κ3) is 3.15. The molecule has 104 valence electrons. The first-order valence-electron chi connectivity index (χ1n) is 6.48. The van der Waals surface area contributed by atoms with Crippen LogP contribution in [-0.2, 0) is 14.3 Å². The van der Waals surface area contributed by atoms with Crippen LogP contribution in [0.5, 0.6) is 0 Å². The number of ether oxygens (including phenoxy) is 1. The Labute approximate surface area is 117 Å². The first-order chi connectivity index (χ1) is 9.63. The first-order valence-corrected chi connectivity index (χ1v) is 6.48. The van der Waals surface area contributed by atoms with Gasteiger partial charge < -0.3 is 9.64 Å². The Morgan fingerprint density at radius 3 is 2.70 bits per heavy atom. The van der Waals surface area contributed by atoms with Crippen LogP contribution in [0.25, 0.3) is 0 Å². The van der Waals surface area contributed by atoms with E-state index < -0.39 is 5.97 Å². The van der Waals surface area contributed by atoms with Crippen LogP contribution >= 0.6 is 0 Å². The molecule has 1 aliphatic rings. The third-order valence-electron chi connectivity index (χ3n) is 3.58. The van der Waals surface area contributed by atoms with E-state index in [2.05, 4.69) is 10.8 Å². The SMILES string of the molecule is COC(=O)CN1CCC(c2ccc(C#N)cc2)CC1=O. The molecule has 1 atom stereocenters. The maximum absolute atomic E-state index is 12.0. The van der Waals surface area contributed by atoms with E-state index in [1.165, 1.54) is 12.0 Å². The molecule has 1 saturated heterocycles. The second kappa shape index (κ2) is 6.20. The highest BCUT2D eigenvalue weighted by atomic mass is 16.5.